The third-order valence-electron chi connectivity index (χ3n) is 0.894. The van der Waals surface area contributed by atoms with E-state index >= 15 is 0 Å². The molecule has 1 heteroatoms. The Labute approximate surface area is 62.5 Å². The van der Waals surface area contributed by atoms with Crippen LogP contribution in [0.1, 0.15) is 13.8 Å². The summed E-state index contributed by atoms with van der Waals surface area (Å²) in [6, 6.07) is 0. The average molecular weight is 135 g/mol. The predicted octanol–water partition coefficient (Wildman–Crippen LogP) is 2.72. The van der Waals surface area contributed by atoms with Gasteiger partial charge in [0.25, 0.3) is 0 Å². The Morgan fingerprint density at radius 3 is 2.70 bits per heavy atom. The summed E-state index contributed by atoms with van der Waals surface area (Å²) in [5, 5.41) is 0. The highest BCUT2D eigenvalue weighted by atomic mass is 14.7. The van der Waals surface area contributed by atoms with Crippen molar-refractivity contribution in [3.8, 4) is 0 Å². The molecule has 0 N–H and O–H groups in total. The van der Waals surface area contributed by atoms with Crippen molar-refractivity contribution in [2.24, 2.45) is 4.99 Å². The largest absolute Gasteiger partial charge is 0.265 e. The molecule has 54 valence electrons. The summed E-state index contributed by atoms with van der Waals surface area (Å²) in [4.78, 5) is 3.99. The van der Waals surface area contributed by atoms with Gasteiger partial charge in [0.2, 0.25) is 0 Å². The summed E-state index contributed by atoms with van der Waals surface area (Å²) in [5.41, 5.74) is 1.10. The predicted molar refractivity (Wildman–Crippen MR) is 47.3 cm³/mol. The Hall–Kier alpha value is -1.11. The number of hydrogen-bond acceptors (Lipinski definition) is 1. The lowest BCUT2D eigenvalue weighted by Gasteiger charge is -1.83. The van der Waals surface area contributed by atoms with E-state index in [1.54, 1.807) is 18.5 Å². The fourth-order valence-electron chi connectivity index (χ4n) is 0.476. The lowest BCUT2D eigenvalue weighted by Crippen LogP contribution is -1.73. The molecule has 0 aliphatic rings. The molecule has 0 aromatic carbocycles. The summed E-state index contributed by atoms with van der Waals surface area (Å²) in [6.07, 6.45) is 9.09. The molecule has 1 nitrogen and oxygen atoms in total. The highest BCUT2D eigenvalue weighted by molar-refractivity contribution is 5.78. The van der Waals surface area contributed by atoms with E-state index in [0.29, 0.717) is 0 Å². The molecule has 0 rings (SSSR count). The molecule has 0 aromatic heterocycles. The third kappa shape index (κ3) is 5.04. The first-order valence-corrected chi connectivity index (χ1v) is 3.25. The molecule has 0 saturated heterocycles. The molecule has 0 aliphatic heterocycles. The maximum atomic E-state index is 3.99. The molecule has 0 aromatic rings. The van der Waals surface area contributed by atoms with Crippen molar-refractivity contribution < 1.29 is 0 Å². The normalized spacial score (nSPS) is 13.2. The van der Waals surface area contributed by atoms with E-state index in [4.69, 9.17) is 0 Å². The van der Waals surface area contributed by atoms with Gasteiger partial charge in [-0.25, -0.2) is 0 Å². The van der Waals surface area contributed by atoms with Crippen LogP contribution in [0.25, 0.3) is 0 Å². The van der Waals surface area contributed by atoms with E-state index in [1.165, 1.54) is 0 Å². The van der Waals surface area contributed by atoms with E-state index in [-0.39, 0.29) is 0 Å². The van der Waals surface area contributed by atoms with Crippen LogP contribution >= 0.6 is 0 Å². The van der Waals surface area contributed by atoms with Crippen LogP contribution in [0.4, 0.5) is 0 Å². The molecule has 0 bridgehead atoms. The van der Waals surface area contributed by atoms with Gasteiger partial charge in [-0.15, -0.1) is 0 Å². The van der Waals surface area contributed by atoms with Gasteiger partial charge in [0.15, 0.2) is 0 Å². The topological polar surface area (TPSA) is 12.4 Å². The highest BCUT2D eigenvalue weighted by Gasteiger charge is 1.74. The number of nitrogens with zero attached hydrogens (tertiary/aromatic N) is 1. The first-order valence-electron chi connectivity index (χ1n) is 3.25. The van der Waals surface area contributed by atoms with Crippen LogP contribution in [0.2, 0.25) is 0 Å². The van der Waals surface area contributed by atoms with Gasteiger partial charge in [0.05, 0.1) is 0 Å². The number of allylic oxidation sites excluding steroid dienone is 4. The standard InChI is InChI=1S/C9H13N/c1-4-6-9(3)8-10-7-5-2/h4-8H,1H2,2-3H3/b7-5-,9-6-,10-8-. The quantitative estimate of drug-likeness (QED) is 0.417. The second-order valence-electron chi connectivity index (χ2n) is 1.91. The smallest absolute Gasteiger partial charge is 0.0296 e. The van der Waals surface area contributed by atoms with Gasteiger partial charge in [0, 0.05) is 12.4 Å². The Morgan fingerprint density at radius 1 is 1.50 bits per heavy atom. The first-order chi connectivity index (χ1) is 4.81. The summed E-state index contributed by atoms with van der Waals surface area (Å²) >= 11 is 0. The van der Waals surface area contributed by atoms with Gasteiger partial charge in [-0.05, 0) is 19.4 Å². The number of hydrogen-bond donors (Lipinski definition) is 0. The maximum absolute atomic E-state index is 3.99. The summed E-state index contributed by atoms with van der Waals surface area (Å²) in [5.74, 6) is 0. The van der Waals surface area contributed by atoms with E-state index in [2.05, 4.69) is 11.6 Å². The van der Waals surface area contributed by atoms with Crippen LogP contribution in [0, 0.1) is 0 Å². The van der Waals surface area contributed by atoms with Crippen molar-refractivity contribution >= 4 is 6.21 Å². The van der Waals surface area contributed by atoms with Crippen LogP contribution in [0.15, 0.2) is 41.6 Å². The maximum Gasteiger partial charge on any atom is 0.0296 e. The van der Waals surface area contributed by atoms with Gasteiger partial charge in [-0.1, -0.05) is 24.8 Å². The zero-order valence-corrected chi connectivity index (χ0v) is 6.54. The molecule has 0 fully saturated rings. The Bertz CT molecular complexity index is 173. The lowest BCUT2D eigenvalue weighted by molar-refractivity contribution is 1.51. The zero-order valence-electron chi connectivity index (χ0n) is 6.54. The van der Waals surface area contributed by atoms with Crippen LogP contribution in [0.3, 0.4) is 0 Å². The second kappa shape index (κ2) is 6.02. The van der Waals surface area contributed by atoms with Crippen LogP contribution in [-0.2, 0) is 0 Å². The minimum atomic E-state index is 1.10. The minimum absolute atomic E-state index is 1.10. The number of aliphatic imine (C=N–C) groups is 1. The van der Waals surface area contributed by atoms with Crippen LogP contribution in [0.5, 0.6) is 0 Å². The molecule has 0 saturated carbocycles. The van der Waals surface area contributed by atoms with Crippen molar-refractivity contribution in [1.82, 2.24) is 0 Å². The average Bonchev–Trinajstić information content (AvgIpc) is 1.89. The Morgan fingerprint density at radius 2 is 2.20 bits per heavy atom. The highest BCUT2D eigenvalue weighted by Crippen LogP contribution is 1.87. The summed E-state index contributed by atoms with van der Waals surface area (Å²) in [6.45, 7) is 7.49. The van der Waals surface area contributed by atoms with Crippen LogP contribution in [-0.4, -0.2) is 6.21 Å². The SMILES string of the molecule is C=C\C=C(C)/C=N\C=C/C. The molecule has 0 heterocycles. The molecule has 0 aliphatic carbocycles. The molecular weight excluding hydrogens is 122 g/mol. The molecule has 0 unspecified atom stereocenters. The van der Waals surface area contributed by atoms with Crippen molar-refractivity contribution in [2.45, 2.75) is 13.8 Å². The van der Waals surface area contributed by atoms with Crippen molar-refractivity contribution in [3.05, 3.63) is 36.6 Å². The number of rotatable bonds is 3. The van der Waals surface area contributed by atoms with Crippen molar-refractivity contribution in [2.75, 3.05) is 0 Å². The molecule has 0 atom stereocenters. The Balaban J connectivity index is 3.88. The van der Waals surface area contributed by atoms with Gasteiger partial charge >= 0.3 is 0 Å². The molecule has 0 amide bonds. The fourth-order valence-corrected chi connectivity index (χ4v) is 0.476. The monoisotopic (exact) mass is 135 g/mol. The van der Waals surface area contributed by atoms with Gasteiger partial charge < -0.3 is 0 Å². The summed E-state index contributed by atoms with van der Waals surface area (Å²) in [7, 11) is 0. The molecular formula is C9H13N. The van der Waals surface area contributed by atoms with Gasteiger partial charge in [0.1, 0.15) is 0 Å². The van der Waals surface area contributed by atoms with Gasteiger partial charge in [-0.3, -0.25) is 4.99 Å². The van der Waals surface area contributed by atoms with E-state index in [0.717, 1.165) is 5.57 Å². The molecule has 10 heavy (non-hydrogen) atoms. The minimum Gasteiger partial charge on any atom is -0.265 e. The summed E-state index contributed by atoms with van der Waals surface area (Å²) < 4.78 is 0. The van der Waals surface area contributed by atoms with Crippen LogP contribution < -0.4 is 0 Å². The molecule has 0 spiro atoms. The second-order valence-corrected chi connectivity index (χ2v) is 1.91. The third-order valence-corrected chi connectivity index (χ3v) is 0.894. The lowest BCUT2D eigenvalue weighted by atomic mass is 10.3. The van der Waals surface area contributed by atoms with E-state index in [9.17, 15) is 0 Å². The fraction of sp³-hybridized carbons (Fsp3) is 0.222. The molecule has 0 radical (unpaired) electrons. The van der Waals surface area contributed by atoms with E-state index in [1.807, 2.05) is 26.0 Å². The van der Waals surface area contributed by atoms with Crippen molar-refractivity contribution in [1.29, 1.82) is 0 Å². The Kier molecular flexibility index (Phi) is 5.35. The van der Waals surface area contributed by atoms with E-state index < -0.39 is 0 Å². The van der Waals surface area contributed by atoms with Crippen molar-refractivity contribution in [3.63, 3.8) is 0 Å². The first kappa shape index (κ1) is 8.89. The van der Waals surface area contributed by atoms with Gasteiger partial charge in [-0.2, -0.15) is 0 Å². The zero-order chi connectivity index (χ0) is 7.82.